The van der Waals surface area contributed by atoms with Crippen LogP contribution in [0.3, 0.4) is 0 Å². The molecule has 0 aliphatic carbocycles. The molecule has 3 nitrogen and oxygen atoms in total. The lowest BCUT2D eigenvalue weighted by Crippen LogP contribution is -2.38. The second-order valence-electron chi connectivity index (χ2n) is 3.86. The van der Waals surface area contributed by atoms with Crippen molar-refractivity contribution >= 4 is 23.2 Å². The molecule has 0 saturated carbocycles. The first-order chi connectivity index (χ1) is 6.49. The van der Waals surface area contributed by atoms with Crippen LogP contribution in [-0.2, 0) is 4.79 Å². The smallest absolute Gasteiger partial charge is 0.252 e. The molecule has 4 heteroatoms. The van der Waals surface area contributed by atoms with Crippen LogP contribution in [-0.4, -0.2) is 28.0 Å². The summed E-state index contributed by atoms with van der Waals surface area (Å²) in [5.74, 6) is 0.305. The summed E-state index contributed by atoms with van der Waals surface area (Å²) in [5, 5.41) is 3.54. The minimum atomic E-state index is -0.176. The van der Waals surface area contributed by atoms with Crippen LogP contribution < -0.4 is 5.32 Å². The van der Waals surface area contributed by atoms with Crippen molar-refractivity contribution < 1.29 is 4.79 Å². The number of nitrogens with one attached hydrogen (secondary N) is 1. The number of carbonyl (C=O) groups excluding carboxylic acids is 1. The molecule has 1 heterocycles. The van der Waals surface area contributed by atoms with E-state index in [4.69, 9.17) is 12.2 Å². The van der Waals surface area contributed by atoms with Gasteiger partial charge in [-0.25, -0.2) is 0 Å². The van der Waals surface area contributed by atoms with E-state index in [0.29, 0.717) is 5.11 Å². The predicted molar refractivity (Wildman–Crippen MR) is 60.9 cm³/mol. The maximum atomic E-state index is 11.9. The van der Waals surface area contributed by atoms with Gasteiger partial charge in [0, 0.05) is 0 Å². The minimum Gasteiger partial charge on any atom is -0.350 e. The molecule has 0 aromatic heterocycles. The lowest BCUT2D eigenvalue weighted by Gasteiger charge is -2.20. The van der Waals surface area contributed by atoms with Crippen LogP contribution in [0.4, 0.5) is 0 Å². The monoisotopic (exact) mass is 212 g/mol. The van der Waals surface area contributed by atoms with E-state index in [2.05, 4.69) is 11.9 Å². The average molecular weight is 212 g/mol. The van der Waals surface area contributed by atoms with Gasteiger partial charge in [0.1, 0.15) is 6.04 Å². The number of hydrogen-bond acceptors (Lipinski definition) is 2. The van der Waals surface area contributed by atoms with E-state index in [1.165, 1.54) is 0 Å². The fraction of sp³-hybridized carbons (Fsp3) is 0.600. The number of nitrogens with zero attached hydrogens (tertiary/aromatic N) is 1. The maximum Gasteiger partial charge on any atom is 0.252 e. The zero-order valence-electron chi connectivity index (χ0n) is 8.78. The third-order valence-corrected chi connectivity index (χ3v) is 2.73. The van der Waals surface area contributed by atoms with Crippen molar-refractivity contribution in [2.75, 3.05) is 0 Å². The molecule has 0 bridgehead atoms. The van der Waals surface area contributed by atoms with E-state index in [-0.39, 0.29) is 23.9 Å². The molecule has 1 saturated heterocycles. The molecule has 0 aromatic rings. The summed E-state index contributed by atoms with van der Waals surface area (Å²) in [6.45, 7) is 9.57. The number of thiocarbonyl (C=S) groups is 1. The molecular formula is C10H16N2OS. The van der Waals surface area contributed by atoms with Crippen molar-refractivity contribution in [1.29, 1.82) is 0 Å². The van der Waals surface area contributed by atoms with E-state index < -0.39 is 0 Å². The van der Waals surface area contributed by atoms with Crippen LogP contribution >= 0.6 is 12.2 Å². The Morgan fingerprint density at radius 2 is 2.14 bits per heavy atom. The summed E-state index contributed by atoms with van der Waals surface area (Å²) < 4.78 is 0. The first-order valence-electron chi connectivity index (χ1n) is 4.75. The van der Waals surface area contributed by atoms with Gasteiger partial charge in [-0.1, -0.05) is 19.9 Å². The third kappa shape index (κ3) is 1.80. The fourth-order valence-corrected chi connectivity index (χ4v) is 1.84. The van der Waals surface area contributed by atoms with Crippen molar-refractivity contribution in [3.8, 4) is 0 Å². The number of amides is 1. The van der Waals surface area contributed by atoms with Gasteiger partial charge in [-0.15, -0.1) is 6.58 Å². The van der Waals surface area contributed by atoms with Crippen LogP contribution in [0.15, 0.2) is 12.7 Å². The summed E-state index contributed by atoms with van der Waals surface area (Å²) in [6.07, 6.45) is 1.72. The van der Waals surface area contributed by atoms with E-state index in [9.17, 15) is 4.79 Å². The van der Waals surface area contributed by atoms with Gasteiger partial charge in [0.25, 0.3) is 5.91 Å². The fourth-order valence-electron chi connectivity index (χ4n) is 1.46. The standard InChI is InChI=1S/C10H16N2OS/c1-5-7(4)12-9(13)8(6(2)3)11-10(12)14/h5-8H,1H2,2-4H3,(H,11,14)/t7?,8-/m0/s1. The third-order valence-electron chi connectivity index (χ3n) is 2.42. The normalized spacial score (nSPS) is 24.0. The van der Waals surface area contributed by atoms with E-state index in [1.54, 1.807) is 11.0 Å². The Hall–Kier alpha value is -0.900. The van der Waals surface area contributed by atoms with E-state index in [1.807, 2.05) is 20.8 Å². The van der Waals surface area contributed by atoms with Gasteiger partial charge < -0.3 is 5.32 Å². The Balaban J connectivity index is 2.85. The molecule has 1 unspecified atom stereocenters. The van der Waals surface area contributed by atoms with Crippen LogP contribution in [0.5, 0.6) is 0 Å². The lowest BCUT2D eigenvalue weighted by molar-refractivity contribution is -0.128. The molecule has 0 spiro atoms. The zero-order valence-corrected chi connectivity index (χ0v) is 9.60. The molecule has 0 radical (unpaired) electrons. The topological polar surface area (TPSA) is 32.3 Å². The number of hydrogen-bond donors (Lipinski definition) is 1. The summed E-state index contributed by atoms with van der Waals surface area (Å²) in [4.78, 5) is 13.5. The van der Waals surface area contributed by atoms with Gasteiger partial charge in [0.15, 0.2) is 5.11 Å². The van der Waals surface area contributed by atoms with Gasteiger partial charge in [-0.3, -0.25) is 9.69 Å². The highest BCUT2D eigenvalue weighted by Crippen LogP contribution is 2.16. The maximum absolute atomic E-state index is 11.9. The van der Waals surface area contributed by atoms with Gasteiger partial charge in [0.2, 0.25) is 0 Å². The molecule has 1 amide bonds. The Kier molecular flexibility index (Phi) is 3.26. The highest BCUT2D eigenvalue weighted by atomic mass is 32.1. The summed E-state index contributed by atoms with van der Waals surface area (Å²) in [5.41, 5.74) is 0. The average Bonchev–Trinajstić information content (AvgIpc) is 2.41. The van der Waals surface area contributed by atoms with Crippen LogP contribution in [0.1, 0.15) is 20.8 Å². The van der Waals surface area contributed by atoms with Crippen LogP contribution in [0, 0.1) is 5.92 Å². The largest absolute Gasteiger partial charge is 0.350 e. The van der Waals surface area contributed by atoms with Crippen LogP contribution in [0.25, 0.3) is 0 Å². The molecular weight excluding hydrogens is 196 g/mol. The zero-order chi connectivity index (χ0) is 10.9. The number of carbonyl (C=O) groups is 1. The van der Waals surface area contributed by atoms with Gasteiger partial charge in [-0.2, -0.15) is 0 Å². The summed E-state index contributed by atoms with van der Waals surface area (Å²) in [6, 6.07) is -0.212. The summed E-state index contributed by atoms with van der Waals surface area (Å²) in [7, 11) is 0. The Bertz CT molecular complexity index is 275. The molecule has 14 heavy (non-hydrogen) atoms. The van der Waals surface area contributed by atoms with Crippen molar-refractivity contribution in [3.63, 3.8) is 0 Å². The first-order valence-corrected chi connectivity index (χ1v) is 5.16. The second kappa shape index (κ2) is 4.09. The highest BCUT2D eigenvalue weighted by molar-refractivity contribution is 7.80. The molecule has 1 N–H and O–H groups in total. The predicted octanol–water partition coefficient (Wildman–Crippen LogP) is 1.30. The Morgan fingerprint density at radius 3 is 2.50 bits per heavy atom. The molecule has 78 valence electrons. The minimum absolute atomic E-state index is 0.0359. The van der Waals surface area contributed by atoms with Crippen molar-refractivity contribution in [1.82, 2.24) is 10.2 Å². The Labute approximate surface area is 90.2 Å². The number of rotatable bonds is 3. The molecule has 1 rings (SSSR count). The molecule has 0 aromatic carbocycles. The van der Waals surface area contributed by atoms with Gasteiger partial charge in [0.05, 0.1) is 6.04 Å². The van der Waals surface area contributed by atoms with Crippen LogP contribution in [0.2, 0.25) is 0 Å². The van der Waals surface area contributed by atoms with Gasteiger partial charge >= 0.3 is 0 Å². The molecule has 1 aliphatic heterocycles. The van der Waals surface area contributed by atoms with Gasteiger partial charge in [-0.05, 0) is 25.1 Å². The van der Waals surface area contributed by atoms with Crippen molar-refractivity contribution in [2.24, 2.45) is 5.92 Å². The molecule has 1 aliphatic rings. The molecule has 1 fully saturated rings. The highest BCUT2D eigenvalue weighted by Gasteiger charge is 2.38. The van der Waals surface area contributed by atoms with E-state index in [0.717, 1.165) is 0 Å². The van der Waals surface area contributed by atoms with E-state index >= 15 is 0 Å². The lowest BCUT2D eigenvalue weighted by atomic mass is 10.0. The second-order valence-corrected chi connectivity index (χ2v) is 4.24. The SMILES string of the molecule is C=CC(C)N1C(=O)[C@H](C(C)C)NC1=S. The van der Waals surface area contributed by atoms with Crippen molar-refractivity contribution in [2.45, 2.75) is 32.9 Å². The Morgan fingerprint density at radius 1 is 1.57 bits per heavy atom. The van der Waals surface area contributed by atoms with Crippen molar-refractivity contribution in [3.05, 3.63) is 12.7 Å². The first kappa shape index (κ1) is 11.2. The quantitative estimate of drug-likeness (QED) is 0.565. The summed E-state index contributed by atoms with van der Waals surface area (Å²) >= 11 is 5.10. The molecule has 2 atom stereocenters.